The molecular formula is C35H35BrF3N3O3S. The van der Waals surface area contributed by atoms with Crippen LogP contribution in [0.3, 0.4) is 0 Å². The second-order valence-corrected chi connectivity index (χ2v) is 13.5. The third-order valence-electron chi connectivity index (χ3n) is 8.34. The molecule has 0 spiro atoms. The molecule has 1 atom stereocenters. The van der Waals surface area contributed by atoms with Gasteiger partial charge in [0.05, 0.1) is 16.9 Å². The van der Waals surface area contributed by atoms with E-state index in [1.165, 1.54) is 17.8 Å². The Morgan fingerprint density at radius 3 is 2.33 bits per heavy atom. The van der Waals surface area contributed by atoms with E-state index in [0.29, 0.717) is 31.1 Å². The van der Waals surface area contributed by atoms with Gasteiger partial charge in [0.1, 0.15) is 12.4 Å². The van der Waals surface area contributed by atoms with Crippen molar-refractivity contribution in [1.29, 1.82) is 0 Å². The molecule has 6 rings (SSSR count). The van der Waals surface area contributed by atoms with Crippen LogP contribution in [-0.2, 0) is 15.7 Å². The topological polar surface area (TPSA) is 45.3 Å². The molecule has 11 heteroatoms. The lowest BCUT2D eigenvalue weighted by Gasteiger charge is -2.36. The van der Waals surface area contributed by atoms with Gasteiger partial charge in [-0.1, -0.05) is 52.0 Å². The number of piperazine rings is 1. The molecule has 0 bridgehead atoms. The molecule has 0 radical (unpaired) electrons. The van der Waals surface area contributed by atoms with Crippen LogP contribution in [0.4, 0.5) is 24.5 Å². The Balaban J connectivity index is 0.938. The predicted molar refractivity (Wildman–Crippen MR) is 179 cm³/mol. The van der Waals surface area contributed by atoms with E-state index >= 15 is 0 Å². The average molecular weight is 715 g/mol. The van der Waals surface area contributed by atoms with Gasteiger partial charge >= 0.3 is 12.1 Å². The van der Waals surface area contributed by atoms with Crippen LogP contribution in [0.15, 0.2) is 93.1 Å². The molecule has 1 fully saturated rings. The molecule has 0 aromatic heterocycles. The van der Waals surface area contributed by atoms with Crippen LogP contribution in [0.1, 0.15) is 18.9 Å². The number of ether oxygens (including phenoxy) is 2. The van der Waals surface area contributed by atoms with Gasteiger partial charge in [0, 0.05) is 53.5 Å². The van der Waals surface area contributed by atoms with E-state index in [2.05, 4.69) is 25.7 Å². The molecule has 2 aliphatic heterocycles. The van der Waals surface area contributed by atoms with Crippen molar-refractivity contribution in [3.05, 3.63) is 88.9 Å². The normalized spacial score (nSPS) is 16.2. The summed E-state index contributed by atoms with van der Waals surface area (Å²) >= 11 is 4.99. The highest BCUT2D eigenvalue weighted by Crippen LogP contribution is 2.49. The summed E-state index contributed by atoms with van der Waals surface area (Å²) in [5, 5.41) is 2.11. The first-order valence-electron chi connectivity index (χ1n) is 15.4. The monoisotopic (exact) mass is 713 g/mol. The Hall–Kier alpha value is -3.25. The largest absolute Gasteiger partial charge is 0.479 e. The van der Waals surface area contributed by atoms with E-state index in [9.17, 15) is 18.0 Å². The van der Waals surface area contributed by atoms with Crippen molar-refractivity contribution in [2.45, 2.75) is 35.4 Å². The van der Waals surface area contributed by atoms with Gasteiger partial charge in [-0.2, -0.15) is 13.2 Å². The number of hydrogen-bond acceptors (Lipinski definition) is 7. The number of anilines is 2. The SMILES string of the molecule is CC(Oc1ccc2cc(Br)ccc2c1)C(=O)OCCN1CCN(CCCN2c3ccccc3Sc3ccc(C(F)(F)F)cc32)CC1. The van der Waals surface area contributed by atoms with Crippen LogP contribution < -0.4 is 9.64 Å². The van der Waals surface area contributed by atoms with Crippen molar-refractivity contribution in [3.63, 3.8) is 0 Å². The number of benzene rings is 4. The van der Waals surface area contributed by atoms with Crippen LogP contribution in [0.5, 0.6) is 5.75 Å². The van der Waals surface area contributed by atoms with Crippen molar-refractivity contribution >= 4 is 55.8 Å². The van der Waals surface area contributed by atoms with Crippen molar-refractivity contribution in [2.75, 3.05) is 57.3 Å². The Labute approximate surface area is 279 Å². The van der Waals surface area contributed by atoms with Crippen molar-refractivity contribution in [3.8, 4) is 5.75 Å². The predicted octanol–water partition coefficient (Wildman–Crippen LogP) is 8.24. The zero-order valence-electron chi connectivity index (χ0n) is 25.4. The van der Waals surface area contributed by atoms with Crippen LogP contribution in [0.2, 0.25) is 0 Å². The molecule has 0 amide bonds. The fourth-order valence-electron chi connectivity index (χ4n) is 5.85. The van der Waals surface area contributed by atoms with E-state index in [0.717, 1.165) is 75.9 Å². The summed E-state index contributed by atoms with van der Waals surface area (Å²) in [7, 11) is 0. The zero-order valence-corrected chi connectivity index (χ0v) is 27.8. The number of halogens is 4. The van der Waals surface area contributed by atoms with Gasteiger partial charge in [-0.25, -0.2) is 4.79 Å². The van der Waals surface area contributed by atoms with Gasteiger partial charge in [0.2, 0.25) is 0 Å². The van der Waals surface area contributed by atoms with Crippen LogP contribution in [0.25, 0.3) is 10.8 Å². The highest BCUT2D eigenvalue weighted by molar-refractivity contribution is 9.10. The minimum atomic E-state index is -4.39. The maximum Gasteiger partial charge on any atom is 0.416 e. The highest BCUT2D eigenvalue weighted by Gasteiger charge is 2.33. The van der Waals surface area contributed by atoms with Gasteiger partial charge in [0.15, 0.2) is 6.10 Å². The third-order valence-corrected chi connectivity index (χ3v) is 9.97. The quantitative estimate of drug-likeness (QED) is 0.154. The fourth-order valence-corrected chi connectivity index (χ4v) is 7.30. The number of hydrogen-bond donors (Lipinski definition) is 0. The fraction of sp³-hybridized carbons (Fsp3) is 0.343. The standard InChI is InChI=1S/C35H35BrF3N3O3S/c1-24(45-29-11-8-25-21-28(36)10-7-26(25)22-29)34(43)44-20-19-41-17-15-40(16-18-41)13-4-14-42-30-5-2-3-6-32(30)46-33-12-9-27(23-31(33)42)35(37,38)39/h2-3,5-12,21-24H,4,13-20H2,1H3. The number of para-hydroxylation sites is 1. The summed E-state index contributed by atoms with van der Waals surface area (Å²) in [6.07, 6.45) is -4.29. The molecule has 0 saturated carbocycles. The summed E-state index contributed by atoms with van der Waals surface area (Å²) in [5.74, 6) is 0.227. The second-order valence-electron chi connectivity index (χ2n) is 11.5. The minimum Gasteiger partial charge on any atom is -0.479 e. The number of carbonyl (C=O) groups is 1. The maximum absolute atomic E-state index is 13.5. The van der Waals surface area contributed by atoms with Gasteiger partial charge in [-0.15, -0.1) is 0 Å². The summed E-state index contributed by atoms with van der Waals surface area (Å²) in [6.45, 7) is 7.60. The third kappa shape index (κ3) is 7.82. The minimum absolute atomic E-state index is 0.296. The van der Waals surface area contributed by atoms with E-state index in [4.69, 9.17) is 9.47 Å². The van der Waals surface area contributed by atoms with Gasteiger partial charge in [0.25, 0.3) is 0 Å². The zero-order chi connectivity index (χ0) is 32.3. The van der Waals surface area contributed by atoms with E-state index in [1.54, 1.807) is 13.0 Å². The molecule has 2 heterocycles. The number of rotatable bonds is 10. The number of carbonyl (C=O) groups excluding carboxylic acids is 1. The number of alkyl halides is 3. The molecule has 242 valence electrons. The van der Waals surface area contributed by atoms with Crippen LogP contribution in [-0.4, -0.2) is 74.3 Å². The Morgan fingerprint density at radius 1 is 0.848 bits per heavy atom. The molecule has 4 aromatic carbocycles. The van der Waals surface area contributed by atoms with E-state index < -0.39 is 23.8 Å². The lowest BCUT2D eigenvalue weighted by molar-refractivity contribution is -0.151. The van der Waals surface area contributed by atoms with Crippen LogP contribution in [0, 0.1) is 0 Å². The molecule has 2 aliphatic rings. The molecular weight excluding hydrogens is 679 g/mol. The van der Waals surface area contributed by atoms with Crippen molar-refractivity contribution in [2.24, 2.45) is 0 Å². The summed E-state index contributed by atoms with van der Waals surface area (Å²) < 4.78 is 53.0. The Bertz CT molecular complexity index is 1700. The smallest absolute Gasteiger partial charge is 0.416 e. The number of esters is 1. The Morgan fingerprint density at radius 2 is 1.54 bits per heavy atom. The molecule has 0 N–H and O–H groups in total. The van der Waals surface area contributed by atoms with Crippen molar-refractivity contribution in [1.82, 2.24) is 9.80 Å². The maximum atomic E-state index is 13.5. The number of fused-ring (bicyclic) bond motifs is 3. The highest BCUT2D eigenvalue weighted by atomic mass is 79.9. The summed E-state index contributed by atoms with van der Waals surface area (Å²) in [6, 6.07) is 23.6. The molecule has 0 aliphatic carbocycles. The second kappa shape index (κ2) is 14.3. The lowest BCUT2D eigenvalue weighted by atomic mass is 10.1. The van der Waals surface area contributed by atoms with Gasteiger partial charge < -0.3 is 19.3 Å². The Kier molecular flexibility index (Phi) is 10.1. The molecule has 46 heavy (non-hydrogen) atoms. The van der Waals surface area contributed by atoms with E-state index in [-0.39, 0.29) is 0 Å². The number of nitrogens with zero attached hydrogens (tertiary/aromatic N) is 3. The molecule has 4 aromatic rings. The first-order valence-corrected chi connectivity index (χ1v) is 17.0. The van der Waals surface area contributed by atoms with E-state index in [1.807, 2.05) is 65.6 Å². The summed E-state index contributed by atoms with van der Waals surface area (Å²) in [4.78, 5) is 21.2. The average Bonchev–Trinajstić information content (AvgIpc) is 3.04. The van der Waals surface area contributed by atoms with Crippen LogP contribution >= 0.6 is 27.7 Å². The first kappa shape index (κ1) is 32.7. The molecule has 6 nitrogen and oxygen atoms in total. The molecule has 1 unspecified atom stereocenters. The van der Waals surface area contributed by atoms with Gasteiger partial charge in [-0.05, 0) is 85.3 Å². The molecule has 1 saturated heterocycles. The summed E-state index contributed by atoms with van der Waals surface area (Å²) in [5.41, 5.74) is 0.936. The lowest BCUT2D eigenvalue weighted by Crippen LogP contribution is -2.48. The van der Waals surface area contributed by atoms with Crippen molar-refractivity contribution < 1.29 is 27.4 Å². The first-order chi connectivity index (χ1) is 22.1. The van der Waals surface area contributed by atoms with Gasteiger partial charge in [-0.3, -0.25) is 4.90 Å².